The number of carbonyl (C=O) groups excluding carboxylic acids is 1. The van der Waals surface area contributed by atoms with Gasteiger partial charge in [0, 0.05) is 23.9 Å². The molecule has 0 saturated heterocycles. The van der Waals surface area contributed by atoms with Gasteiger partial charge in [0.05, 0.1) is 8.45 Å². The molecule has 1 rings (SSSR count). The van der Waals surface area contributed by atoms with E-state index in [0.29, 0.717) is 12.1 Å². The van der Waals surface area contributed by atoms with E-state index in [1.54, 1.807) is 11.3 Å². The molecule has 0 aliphatic rings. The fourth-order valence-corrected chi connectivity index (χ4v) is 2.23. The highest BCUT2D eigenvalue weighted by atomic mass is 127. The van der Waals surface area contributed by atoms with Crippen LogP contribution in [-0.2, 0) is 0 Å². The van der Waals surface area contributed by atoms with Crippen LogP contribution >= 0.6 is 33.9 Å². The third kappa shape index (κ3) is 4.08. The van der Waals surface area contributed by atoms with Crippen molar-refractivity contribution in [1.82, 2.24) is 5.32 Å². The topological polar surface area (TPSA) is 49.3 Å². The minimum atomic E-state index is -0.265. The quantitative estimate of drug-likeness (QED) is 0.826. The van der Waals surface area contributed by atoms with Crippen LogP contribution in [0.5, 0.6) is 0 Å². The van der Waals surface area contributed by atoms with E-state index in [4.69, 9.17) is 5.11 Å². The van der Waals surface area contributed by atoms with Crippen LogP contribution in [0.15, 0.2) is 11.4 Å². The van der Waals surface area contributed by atoms with Crippen LogP contribution < -0.4 is 5.32 Å². The molecule has 1 aromatic heterocycles. The number of hydrogen-bond acceptors (Lipinski definition) is 3. The molecule has 2 N–H and O–H groups in total. The maximum absolute atomic E-state index is 11.6. The minimum absolute atomic E-state index is 0.0639. The average Bonchev–Trinajstić information content (AvgIpc) is 2.61. The van der Waals surface area contributed by atoms with Crippen LogP contribution in [0, 0.1) is 8.30 Å². The van der Waals surface area contributed by atoms with Crippen LogP contribution in [-0.4, -0.2) is 24.2 Å². The Hall–Kier alpha value is -0.140. The normalized spacial score (nSPS) is 11.5. The van der Waals surface area contributed by atoms with Crippen molar-refractivity contribution in [3.63, 3.8) is 0 Å². The van der Waals surface area contributed by atoms with E-state index in [2.05, 4.69) is 27.9 Å². The fraction of sp³-hybridized carbons (Fsp3) is 0.500. The Balaban J connectivity index is 2.50. The summed E-state index contributed by atoms with van der Waals surface area (Å²) in [5.74, 6) is -0.0734. The summed E-state index contributed by atoms with van der Waals surface area (Å²) >= 11 is 3.73. The van der Waals surface area contributed by atoms with Crippen molar-refractivity contribution in [3.05, 3.63) is 19.9 Å². The van der Waals surface area contributed by atoms with Gasteiger partial charge in [-0.3, -0.25) is 4.79 Å². The molecule has 15 heavy (non-hydrogen) atoms. The van der Waals surface area contributed by atoms with Gasteiger partial charge in [0.2, 0.25) is 0 Å². The Labute approximate surface area is 107 Å². The molecule has 0 aliphatic heterocycles. The van der Waals surface area contributed by atoms with Crippen LogP contribution in [0.1, 0.15) is 24.2 Å². The van der Waals surface area contributed by atoms with E-state index in [1.807, 2.05) is 25.3 Å². The molecule has 0 spiro atoms. The summed E-state index contributed by atoms with van der Waals surface area (Å²) in [6.45, 7) is 4.36. The maximum Gasteiger partial charge on any atom is 0.252 e. The lowest BCUT2D eigenvalue weighted by Crippen LogP contribution is -2.35. The third-order valence-corrected chi connectivity index (χ3v) is 3.77. The molecular formula is C10H14INO2S. The van der Waals surface area contributed by atoms with Gasteiger partial charge in [-0.05, 0) is 28.7 Å². The number of amides is 1. The maximum atomic E-state index is 11.6. The molecule has 0 unspecified atom stereocenters. The molecule has 0 aliphatic carbocycles. The number of hydrogen-bond donors (Lipinski definition) is 2. The lowest BCUT2D eigenvalue weighted by molar-refractivity contribution is 0.0911. The molecule has 84 valence electrons. The van der Waals surface area contributed by atoms with Crippen LogP contribution in [0.4, 0.5) is 0 Å². The van der Waals surface area contributed by atoms with Crippen LogP contribution in [0.25, 0.3) is 0 Å². The first-order valence-corrected chi connectivity index (χ1v) is 6.53. The van der Waals surface area contributed by atoms with Crippen molar-refractivity contribution in [2.75, 3.05) is 13.2 Å². The number of aliphatic hydroxyl groups is 1. The lowest BCUT2D eigenvalue weighted by Gasteiger charge is -2.21. The number of thiophene rings is 1. The smallest absolute Gasteiger partial charge is 0.252 e. The highest BCUT2D eigenvalue weighted by molar-refractivity contribution is 14.1. The fourth-order valence-electron chi connectivity index (χ4n) is 0.907. The van der Waals surface area contributed by atoms with Crippen LogP contribution in [0.3, 0.4) is 0 Å². The highest BCUT2D eigenvalue weighted by Crippen LogP contribution is 2.17. The van der Waals surface area contributed by atoms with Gasteiger partial charge in [-0.2, -0.15) is 0 Å². The minimum Gasteiger partial charge on any atom is -0.396 e. The van der Waals surface area contributed by atoms with Gasteiger partial charge in [0.25, 0.3) is 5.91 Å². The molecule has 5 heteroatoms. The third-order valence-electron chi connectivity index (χ3n) is 1.99. The predicted molar refractivity (Wildman–Crippen MR) is 70.2 cm³/mol. The summed E-state index contributed by atoms with van der Waals surface area (Å²) in [5, 5.41) is 13.7. The van der Waals surface area contributed by atoms with Gasteiger partial charge in [0.1, 0.15) is 0 Å². The lowest BCUT2D eigenvalue weighted by atomic mass is 9.95. The van der Waals surface area contributed by atoms with Gasteiger partial charge in [0.15, 0.2) is 0 Å². The van der Waals surface area contributed by atoms with Gasteiger partial charge >= 0.3 is 0 Å². The van der Waals surface area contributed by atoms with E-state index >= 15 is 0 Å². The standard InChI is InChI=1S/C10H14INO2S/c1-10(2,6-13)5-12-9(14)7-3-8(11)15-4-7/h3-4,13H,5-6H2,1-2H3,(H,12,14). The first-order valence-electron chi connectivity index (χ1n) is 4.58. The Kier molecular flexibility index (Phi) is 4.54. The summed E-state index contributed by atoms with van der Waals surface area (Å²) in [6, 6.07) is 1.85. The summed E-state index contributed by atoms with van der Waals surface area (Å²) in [7, 11) is 0. The SMILES string of the molecule is CC(C)(CO)CNC(=O)c1csc(I)c1. The Bertz CT molecular complexity index is 349. The molecule has 0 saturated carbocycles. The molecule has 0 fully saturated rings. The van der Waals surface area contributed by atoms with E-state index in [0.717, 1.165) is 2.88 Å². The predicted octanol–water partition coefficient (Wildman–Crippen LogP) is 2.10. The van der Waals surface area contributed by atoms with Gasteiger partial charge < -0.3 is 10.4 Å². The Morgan fingerprint density at radius 2 is 2.33 bits per heavy atom. The van der Waals surface area contributed by atoms with Crippen molar-refractivity contribution in [1.29, 1.82) is 0 Å². The van der Waals surface area contributed by atoms with Crippen molar-refractivity contribution in [3.8, 4) is 0 Å². The second-order valence-corrected chi connectivity index (χ2v) is 6.95. The van der Waals surface area contributed by atoms with Gasteiger partial charge in [-0.25, -0.2) is 0 Å². The summed E-state index contributed by atoms with van der Waals surface area (Å²) in [6.07, 6.45) is 0. The molecule has 0 radical (unpaired) electrons. The summed E-state index contributed by atoms with van der Waals surface area (Å²) < 4.78 is 1.10. The first-order chi connectivity index (χ1) is 6.94. The van der Waals surface area contributed by atoms with Crippen molar-refractivity contribution in [2.24, 2.45) is 5.41 Å². The van der Waals surface area contributed by atoms with E-state index < -0.39 is 0 Å². The second-order valence-electron chi connectivity index (χ2n) is 4.14. The number of aliphatic hydroxyl groups excluding tert-OH is 1. The molecule has 0 aromatic carbocycles. The molecule has 1 amide bonds. The molecular weight excluding hydrogens is 325 g/mol. The average molecular weight is 339 g/mol. The zero-order valence-corrected chi connectivity index (χ0v) is 11.7. The van der Waals surface area contributed by atoms with Crippen molar-refractivity contribution >= 4 is 39.8 Å². The highest BCUT2D eigenvalue weighted by Gasteiger charge is 2.18. The molecule has 1 heterocycles. The van der Waals surface area contributed by atoms with Gasteiger partial charge in [-0.15, -0.1) is 11.3 Å². The van der Waals surface area contributed by atoms with Gasteiger partial charge in [-0.1, -0.05) is 13.8 Å². The van der Waals surface area contributed by atoms with E-state index in [9.17, 15) is 4.79 Å². The monoisotopic (exact) mass is 339 g/mol. The van der Waals surface area contributed by atoms with Crippen molar-refractivity contribution < 1.29 is 9.90 Å². The Morgan fingerprint density at radius 1 is 1.67 bits per heavy atom. The first kappa shape index (κ1) is 12.9. The van der Waals surface area contributed by atoms with E-state index in [1.165, 1.54) is 0 Å². The summed E-state index contributed by atoms with van der Waals surface area (Å²) in [5.41, 5.74) is 0.428. The largest absolute Gasteiger partial charge is 0.396 e. The zero-order chi connectivity index (χ0) is 11.5. The second kappa shape index (κ2) is 5.27. The molecule has 1 aromatic rings. The Morgan fingerprint density at radius 3 is 2.80 bits per heavy atom. The number of carbonyl (C=O) groups is 1. The van der Waals surface area contributed by atoms with Crippen LogP contribution in [0.2, 0.25) is 0 Å². The zero-order valence-electron chi connectivity index (χ0n) is 8.71. The number of rotatable bonds is 4. The number of halogens is 1. The molecule has 3 nitrogen and oxygen atoms in total. The van der Waals surface area contributed by atoms with E-state index in [-0.39, 0.29) is 17.9 Å². The molecule has 0 atom stereocenters. The van der Waals surface area contributed by atoms with Crippen molar-refractivity contribution in [2.45, 2.75) is 13.8 Å². The summed E-state index contributed by atoms with van der Waals surface area (Å²) in [4.78, 5) is 11.6. The number of nitrogens with one attached hydrogen (secondary N) is 1. The molecule has 0 bridgehead atoms.